The van der Waals surface area contributed by atoms with Crippen LogP contribution in [0.2, 0.25) is 0 Å². The highest BCUT2D eigenvalue weighted by molar-refractivity contribution is 9.10. The molecule has 1 aromatic heterocycles. The highest BCUT2D eigenvalue weighted by Gasteiger charge is 2.27. The molecule has 5 nitrogen and oxygen atoms in total. The summed E-state index contributed by atoms with van der Waals surface area (Å²) < 4.78 is 10.6. The summed E-state index contributed by atoms with van der Waals surface area (Å²) in [7, 11) is 2.59. The van der Waals surface area contributed by atoms with E-state index >= 15 is 0 Å². The van der Waals surface area contributed by atoms with Crippen LogP contribution < -0.4 is 0 Å². The number of carbonyl (C=O) groups excluding carboxylic acids is 2. The summed E-state index contributed by atoms with van der Waals surface area (Å²) in [6, 6.07) is 7.33. The zero-order chi connectivity index (χ0) is 17.1. The number of aryl methyl sites for hydroxylation is 2. The Morgan fingerprint density at radius 2 is 1.52 bits per heavy atom. The van der Waals surface area contributed by atoms with Crippen molar-refractivity contribution in [1.82, 2.24) is 4.98 Å². The van der Waals surface area contributed by atoms with Crippen LogP contribution in [-0.2, 0) is 9.47 Å². The van der Waals surface area contributed by atoms with Gasteiger partial charge >= 0.3 is 11.9 Å². The van der Waals surface area contributed by atoms with Gasteiger partial charge < -0.3 is 9.47 Å². The average Bonchev–Trinajstić information content (AvgIpc) is 2.52. The molecule has 0 unspecified atom stereocenters. The number of esters is 2. The summed E-state index contributed by atoms with van der Waals surface area (Å²) in [5.41, 5.74) is 2.69. The third kappa shape index (κ3) is 3.27. The molecule has 120 valence electrons. The first-order valence-electron chi connectivity index (χ1n) is 6.84. The van der Waals surface area contributed by atoms with Crippen molar-refractivity contribution in [3.8, 4) is 11.1 Å². The van der Waals surface area contributed by atoms with Gasteiger partial charge in [-0.25, -0.2) is 9.59 Å². The number of carbonyl (C=O) groups is 2. The number of pyridine rings is 1. The van der Waals surface area contributed by atoms with Crippen molar-refractivity contribution in [2.75, 3.05) is 14.2 Å². The summed E-state index contributed by atoms with van der Waals surface area (Å²) in [4.78, 5) is 28.8. The minimum Gasteiger partial charge on any atom is -0.465 e. The number of rotatable bonds is 3. The second-order valence-electron chi connectivity index (χ2n) is 4.90. The SMILES string of the molecule is COC(=O)c1c(C)nc(C)c(C(=O)OC)c1-c1cccc(Br)c1. The molecule has 0 amide bonds. The van der Waals surface area contributed by atoms with Crippen LogP contribution in [0.1, 0.15) is 32.1 Å². The summed E-state index contributed by atoms with van der Waals surface area (Å²) >= 11 is 3.41. The number of methoxy groups -OCH3 is 2. The van der Waals surface area contributed by atoms with Crippen LogP contribution in [0, 0.1) is 13.8 Å². The third-order valence-corrected chi connectivity index (χ3v) is 3.94. The molecular formula is C17H16BrNO4. The van der Waals surface area contributed by atoms with Crippen molar-refractivity contribution in [1.29, 1.82) is 0 Å². The fourth-order valence-corrected chi connectivity index (χ4v) is 2.89. The van der Waals surface area contributed by atoms with E-state index in [0.717, 1.165) is 4.47 Å². The molecule has 1 heterocycles. The minimum atomic E-state index is -0.546. The van der Waals surface area contributed by atoms with E-state index in [1.54, 1.807) is 13.8 Å². The lowest BCUT2D eigenvalue weighted by molar-refractivity contribution is 0.0599. The zero-order valence-corrected chi connectivity index (χ0v) is 14.9. The molecule has 0 aliphatic heterocycles. The van der Waals surface area contributed by atoms with Crippen LogP contribution in [0.3, 0.4) is 0 Å². The van der Waals surface area contributed by atoms with E-state index in [2.05, 4.69) is 20.9 Å². The van der Waals surface area contributed by atoms with E-state index in [-0.39, 0.29) is 11.1 Å². The molecule has 23 heavy (non-hydrogen) atoms. The topological polar surface area (TPSA) is 65.5 Å². The molecule has 0 fully saturated rings. The Bertz CT molecular complexity index is 746. The Balaban J connectivity index is 2.93. The van der Waals surface area contributed by atoms with E-state index in [4.69, 9.17) is 9.47 Å². The maximum Gasteiger partial charge on any atom is 0.340 e. The van der Waals surface area contributed by atoms with Gasteiger partial charge in [0.15, 0.2) is 0 Å². The summed E-state index contributed by atoms with van der Waals surface area (Å²) in [5, 5.41) is 0. The van der Waals surface area contributed by atoms with Crippen molar-refractivity contribution >= 4 is 27.9 Å². The molecule has 0 atom stereocenters. The van der Waals surface area contributed by atoms with Crippen molar-refractivity contribution in [3.63, 3.8) is 0 Å². The first-order chi connectivity index (χ1) is 10.9. The quantitative estimate of drug-likeness (QED) is 0.762. The second kappa shape index (κ2) is 6.91. The van der Waals surface area contributed by atoms with Crippen LogP contribution in [0.5, 0.6) is 0 Å². The maximum atomic E-state index is 12.3. The molecule has 0 aliphatic carbocycles. The highest BCUT2D eigenvalue weighted by Crippen LogP contribution is 2.33. The molecule has 0 saturated heterocycles. The van der Waals surface area contributed by atoms with E-state index in [0.29, 0.717) is 22.5 Å². The second-order valence-corrected chi connectivity index (χ2v) is 5.82. The molecule has 0 bridgehead atoms. The molecule has 6 heteroatoms. The molecule has 2 rings (SSSR count). The normalized spacial score (nSPS) is 10.3. The lowest BCUT2D eigenvalue weighted by Crippen LogP contribution is -2.16. The molecular weight excluding hydrogens is 362 g/mol. The molecule has 0 radical (unpaired) electrons. The monoisotopic (exact) mass is 377 g/mol. The Morgan fingerprint density at radius 1 is 1.00 bits per heavy atom. The molecule has 0 saturated carbocycles. The number of aromatic nitrogens is 1. The number of ether oxygens (including phenoxy) is 2. The van der Waals surface area contributed by atoms with Gasteiger partial charge in [0.05, 0.1) is 36.7 Å². The fraction of sp³-hybridized carbons (Fsp3) is 0.235. The van der Waals surface area contributed by atoms with Crippen LogP contribution in [0.25, 0.3) is 11.1 Å². The number of hydrogen-bond donors (Lipinski definition) is 0. The van der Waals surface area contributed by atoms with Gasteiger partial charge in [-0.05, 0) is 31.5 Å². The van der Waals surface area contributed by atoms with Crippen LogP contribution >= 0.6 is 15.9 Å². The average molecular weight is 378 g/mol. The van der Waals surface area contributed by atoms with E-state index in [1.807, 2.05) is 24.3 Å². The van der Waals surface area contributed by atoms with E-state index in [9.17, 15) is 9.59 Å². The van der Waals surface area contributed by atoms with E-state index in [1.165, 1.54) is 14.2 Å². The molecule has 1 aromatic carbocycles. The van der Waals surface area contributed by atoms with Crippen molar-refractivity contribution < 1.29 is 19.1 Å². The van der Waals surface area contributed by atoms with Gasteiger partial charge in [0, 0.05) is 10.0 Å². The van der Waals surface area contributed by atoms with Gasteiger partial charge in [0.25, 0.3) is 0 Å². The third-order valence-electron chi connectivity index (χ3n) is 3.45. The Labute approximate surface area is 142 Å². The standard InChI is InChI=1S/C17H16BrNO4/c1-9-13(16(20)22-3)15(11-6-5-7-12(18)8-11)14(10(2)19-9)17(21)23-4/h5-8H,1-4H3. The van der Waals surface area contributed by atoms with Gasteiger partial charge in [-0.15, -0.1) is 0 Å². The van der Waals surface area contributed by atoms with Gasteiger partial charge in [0.2, 0.25) is 0 Å². The Hall–Kier alpha value is -2.21. The number of halogens is 1. The lowest BCUT2D eigenvalue weighted by Gasteiger charge is -2.17. The first-order valence-corrected chi connectivity index (χ1v) is 7.63. The first kappa shape index (κ1) is 17.1. The number of benzene rings is 1. The van der Waals surface area contributed by atoms with Gasteiger partial charge in [-0.1, -0.05) is 28.1 Å². The van der Waals surface area contributed by atoms with Crippen LogP contribution in [0.4, 0.5) is 0 Å². The van der Waals surface area contributed by atoms with Gasteiger partial charge in [0.1, 0.15) is 0 Å². The molecule has 2 aromatic rings. The summed E-state index contributed by atoms with van der Waals surface area (Å²) in [6.07, 6.45) is 0. The van der Waals surface area contributed by atoms with E-state index < -0.39 is 11.9 Å². The number of hydrogen-bond acceptors (Lipinski definition) is 5. The minimum absolute atomic E-state index is 0.261. The highest BCUT2D eigenvalue weighted by atomic mass is 79.9. The molecule has 0 aliphatic rings. The summed E-state index contributed by atoms with van der Waals surface area (Å²) in [6.45, 7) is 3.42. The smallest absolute Gasteiger partial charge is 0.340 e. The fourth-order valence-electron chi connectivity index (χ4n) is 2.49. The number of nitrogens with zero attached hydrogens (tertiary/aromatic N) is 1. The zero-order valence-electron chi connectivity index (χ0n) is 13.3. The van der Waals surface area contributed by atoms with Gasteiger partial charge in [-0.2, -0.15) is 0 Å². The Morgan fingerprint density at radius 3 is 1.96 bits per heavy atom. The summed E-state index contributed by atoms with van der Waals surface area (Å²) in [5.74, 6) is -1.09. The van der Waals surface area contributed by atoms with Crippen molar-refractivity contribution in [2.45, 2.75) is 13.8 Å². The van der Waals surface area contributed by atoms with Crippen molar-refractivity contribution in [3.05, 3.63) is 51.3 Å². The Kier molecular flexibility index (Phi) is 5.15. The predicted octanol–water partition coefficient (Wildman–Crippen LogP) is 3.70. The van der Waals surface area contributed by atoms with Crippen LogP contribution in [-0.4, -0.2) is 31.1 Å². The van der Waals surface area contributed by atoms with Gasteiger partial charge in [-0.3, -0.25) is 4.98 Å². The largest absolute Gasteiger partial charge is 0.465 e. The maximum absolute atomic E-state index is 12.3. The van der Waals surface area contributed by atoms with Crippen molar-refractivity contribution in [2.24, 2.45) is 0 Å². The predicted molar refractivity (Wildman–Crippen MR) is 89.5 cm³/mol. The lowest BCUT2D eigenvalue weighted by atomic mass is 9.92. The molecule has 0 spiro atoms. The van der Waals surface area contributed by atoms with Crippen LogP contribution in [0.15, 0.2) is 28.7 Å². The molecule has 0 N–H and O–H groups in total.